The molecule has 1 heterocycles. The van der Waals surface area contributed by atoms with Gasteiger partial charge in [0, 0.05) is 19.0 Å². The molecule has 0 saturated carbocycles. The smallest absolute Gasteiger partial charge is 0.182 e. The van der Waals surface area contributed by atoms with Crippen LogP contribution in [0.3, 0.4) is 0 Å². The standard InChI is InChI=1S/C13H19FN2O/c1-4-10(2)16(3)8-7-13(17)12-6-5-11(14)9-15-12/h5-6,9-10H,4,7-8H2,1-3H3. The summed E-state index contributed by atoms with van der Waals surface area (Å²) in [7, 11) is 2.00. The summed E-state index contributed by atoms with van der Waals surface area (Å²) >= 11 is 0. The lowest BCUT2D eigenvalue weighted by Crippen LogP contribution is -2.30. The minimum absolute atomic E-state index is 0.0415. The molecule has 1 aromatic rings. The molecule has 0 fully saturated rings. The zero-order chi connectivity index (χ0) is 12.8. The van der Waals surface area contributed by atoms with Gasteiger partial charge in [0.05, 0.1) is 6.20 Å². The number of aromatic nitrogens is 1. The number of pyridine rings is 1. The quantitative estimate of drug-likeness (QED) is 0.714. The van der Waals surface area contributed by atoms with Crippen molar-refractivity contribution < 1.29 is 9.18 Å². The van der Waals surface area contributed by atoms with Gasteiger partial charge in [-0.3, -0.25) is 9.78 Å². The van der Waals surface area contributed by atoms with Gasteiger partial charge in [-0.05, 0) is 32.5 Å². The van der Waals surface area contributed by atoms with Crippen LogP contribution in [0.25, 0.3) is 0 Å². The van der Waals surface area contributed by atoms with E-state index in [1.807, 2.05) is 7.05 Å². The number of rotatable bonds is 6. The number of halogens is 1. The summed E-state index contributed by atoms with van der Waals surface area (Å²) in [6.45, 7) is 4.94. The molecule has 0 aliphatic heterocycles. The first-order chi connectivity index (χ1) is 8.04. The van der Waals surface area contributed by atoms with E-state index in [2.05, 4.69) is 23.7 Å². The molecule has 1 unspecified atom stereocenters. The van der Waals surface area contributed by atoms with Crippen LogP contribution in [0.2, 0.25) is 0 Å². The molecule has 0 saturated heterocycles. The lowest BCUT2D eigenvalue weighted by Gasteiger charge is -2.22. The van der Waals surface area contributed by atoms with Crippen LogP contribution in [0.4, 0.5) is 4.39 Å². The molecule has 17 heavy (non-hydrogen) atoms. The average molecular weight is 238 g/mol. The van der Waals surface area contributed by atoms with Gasteiger partial charge >= 0.3 is 0 Å². The first kappa shape index (κ1) is 13.8. The van der Waals surface area contributed by atoms with E-state index in [4.69, 9.17) is 0 Å². The van der Waals surface area contributed by atoms with E-state index in [1.165, 1.54) is 12.1 Å². The molecule has 0 bridgehead atoms. The Morgan fingerprint density at radius 2 is 2.24 bits per heavy atom. The van der Waals surface area contributed by atoms with Gasteiger partial charge in [-0.2, -0.15) is 0 Å². The summed E-state index contributed by atoms with van der Waals surface area (Å²) < 4.78 is 12.6. The Morgan fingerprint density at radius 1 is 1.53 bits per heavy atom. The normalized spacial score (nSPS) is 12.8. The fraction of sp³-hybridized carbons (Fsp3) is 0.538. The summed E-state index contributed by atoms with van der Waals surface area (Å²) in [4.78, 5) is 17.7. The van der Waals surface area contributed by atoms with Crippen molar-refractivity contribution in [3.63, 3.8) is 0 Å². The van der Waals surface area contributed by atoms with Crippen LogP contribution in [-0.4, -0.2) is 35.3 Å². The summed E-state index contributed by atoms with van der Waals surface area (Å²) in [5, 5.41) is 0. The topological polar surface area (TPSA) is 33.2 Å². The van der Waals surface area contributed by atoms with Crippen molar-refractivity contribution in [1.82, 2.24) is 9.88 Å². The van der Waals surface area contributed by atoms with Crippen LogP contribution in [-0.2, 0) is 0 Å². The van der Waals surface area contributed by atoms with Gasteiger partial charge in [0.25, 0.3) is 0 Å². The summed E-state index contributed by atoms with van der Waals surface area (Å²) in [6.07, 6.45) is 2.55. The molecule has 0 spiro atoms. The molecule has 1 atom stereocenters. The van der Waals surface area contributed by atoms with Gasteiger partial charge in [0.15, 0.2) is 5.78 Å². The fourth-order valence-electron chi connectivity index (χ4n) is 1.48. The number of ketones is 1. The molecule has 0 N–H and O–H groups in total. The zero-order valence-corrected chi connectivity index (χ0v) is 10.6. The minimum atomic E-state index is -0.418. The molecule has 1 rings (SSSR count). The predicted molar refractivity (Wildman–Crippen MR) is 65.5 cm³/mol. The second-order valence-electron chi connectivity index (χ2n) is 4.27. The molecule has 0 aromatic carbocycles. The first-order valence-electron chi connectivity index (χ1n) is 5.89. The van der Waals surface area contributed by atoms with Crippen molar-refractivity contribution in [1.29, 1.82) is 0 Å². The van der Waals surface area contributed by atoms with E-state index in [-0.39, 0.29) is 5.78 Å². The third kappa shape index (κ3) is 4.23. The molecular formula is C13H19FN2O. The zero-order valence-electron chi connectivity index (χ0n) is 10.6. The van der Waals surface area contributed by atoms with Crippen LogP contribution in [0.1, 0.15) is 37.2 Å². The van der Waals surface area contributed by atoms with Crippen molar-refractivity contribution >= 4 is 5.78 Å². The third-order valence-corrected chi connectivity index (χ3v) is 3.05. The molecule has 0 radical (unpaired) electrons. The van der Waals surface area contributed by atoms with Gasteiger partial charge < -0.3 is 4.90 Å². The van der Waals surface area contributed by atoms with Gasteiger partial charge in [0.1, 0.15) is 11.5 Å². The minimum Gasteiger partial charge on any atom is -0.303 e. The van der Waals surface area contributed by atoms with Crippen LogP contribution in [0, 0.1) is 5.82 Å². The Labute approximate surface area is 102 Å². The van der Waals surface area contributed by atoms with Crippen molar-refractivity contribution in [2.45, 2.75) is 32.7 Å². The van der Waals surface area contributed by atoms with E-state index >= 15 is 0 Å². The molecule has 0 amide bonds. The number of carbonyl (C=O) groups excluding carboxylic acids is 1. The van der Waals surface area contributed by atoms with Gasteiger partial charge in [-0.1, -0.05) is 6.92 Å². The monoisotopic (exact) mass is 238 g/mol. The highest BCUT2D eigenvalue weighted by Crippen LogP contribution is 2.05. The largest absolute Gasteiger partial charge is 0.303 e. The SMILES string of the molecule is CCC(C)N(C)CCC(=O)c1ccc(F)cn1. The van der Waals surface area contributed by atoms with E-state index in [0.29, 0.717) is 24.7 Å². The Morgan fingerprint density at radius 3 is 2.76 bits per heavy atom. The Bertz CT molecular complexity index is 364. The van der Waals surface area contributed by atoms with Gasteiger partial charge in [-0.15, -0.1) is 0 Å². The second kappa shape index (κ2) is 6.45. The van der Waals surface area contributed by atoms with E-state index in [0.717, 1.165) is 12.6 Å². The van der Waals surface area contributed by atoms with E-state index in [1.54, 1.807) is 0 Å². The molecule has 94 valence electrons. The van der Waals surface area contributed by atoms with Gasteiger partial charge in [0.2, 0.25) is 0 Å². The van der Waals surface area contributed by atoms with Crippen molar-refractivity contribution in [2.24, 2.45) is 0 Å². The molecule has 4 heteroatoms. The highest BCUT2D eigenvalue weighted by Gasteiger charge is 2.11. The van der Waals surface area contributed by atoms with E-state index < -0.39 is 5.82 Å². The van der Waals surface area contributed by atoms with Crippen molar-refractivity contribution in [3.8, 4) is 0 Å². The third-order valence-electron chi connectivity index (χ3n) is 3.05. The lowest BCUT2D eigenvalue weighted by molar-refractivity contribution is 0.0956. The average Bonchev–Trinajstić information content (AvgIpc) is 2.35. The molecule has 0 aliphatic rings. The van der Waals surface area contributed by atoms with Crippen molar-refractivity contribution in [2.75, 3.05) is 13.6 Å². The second-order valence-corrected chi connectivity index (χ2v) is 4.27. The van der Waals surface area contributed by atoms with Crippen LogP contribution in [0.15, 0.2) is 18.3 Å². The summed E-state index contributed by atoms with van der Waals surface area (Å²) in [5.74, 6) is -0.460. The maximum atomic E-state index is 12.6. The van der Waals surface area contributed by atoms with E-state index in [9.17, 15) is 9.18 Å². The van der Waals surface area contributed by atoms with Crippen LogP contribution >= 0.6 is 0 Å². The number of Topliss-reactive ketones (excluding diaryl/α,β-unsaturated/α-hetero) is 1. The predicted octanol–water partition coefficient (Wildman–Crippen LogP) is 2.52. The maximum absolute atomic E-state index is 12.6. The Balaban J connectivity index is 2.47. The fourth-order valence-corrected chi connectivity index (χ4v) is 1.48. The number of hydrogen-bond donors (Lipinski definition) is 0. The number of carbonyl (C=O) groups is 1. The molecule has 0 aliphatic carbocycles. The highest BCUT2D eigenvalue weighted by atomic mass is 19.1. The summed E-state index contributed by atoms with van der Waals surface area (Å²) in [5.41, 5.74) is 0.337. The molecule has 1 aromatic heterocycles. The molecule has 3 nitrogen and oxygen atoms in total. The Hall–Kier alpha value is -1.29. The highest BCUT2D eigenvalue weighted by molar-refractivity contribution is 5.94. The first-order valence-corrected chi connectivity index (χ1v) is 5.89. The Kier molecular flexibility index (Phi) is 5.22. The lowest BCUT2D eigenvalue weighted by atomic mass is 10.1. The summed E-state index contributed by atoms with van der Waals surface area (Å²) in [6, 6.07) is 3.16. The van der Waals surface area contributed by atoms with Crippen LogP contribution < -0.4 is 0 Å². The maximum Gasteiger partial charge on any atom is 0.182 e. The van der Waals surface area contributed by atoms with Gasteiger partial charge in [-0.25, -0.2) is 4.39 Å². The molecular weight excluding hydrogens is 219 g/mol. The number of nitrogens with zero attached hydrogens (tertiary/aromatic N) is 2. The number of hydrogen-bond acceptors (Lipinski definition) is 3. The van der Waals surface area contributed by atoms with Crippen LogP contribution in [0.5, 0.6) is 0 Å². The van der Waals surface area contributed by atoms with Crippen molar-refractivity contribution in [3.05, 3.63) is 29.8 Å².